The predicted octanol–water partition coefficient (Wildman–Crippen LogP) is 2.21. The molecule has 116 valence electrons. The molecule has 0 bridgehead atoms. The van der Waals surface area contributed by atoms with E-state index in [-0.39, 0.29) is 10.9 Å². The van der Waals surface area contributed by atoms with Crippen molar-refractivity contribution in [2.24, 2.45) is 4.99 Å². The zero-order valence-electron chi connectivity index (χ0n) is 12.1. The molecule has 0 saturated heterocycles. The summed E-state index contributed by atoms with van der Waals surface area (Å²) in [5, 5.41) is 3.34. The largest absolute Gasteiger partial charge is 0.385 e. The molecule has 0 saturated carbocycles. The van der Waals surface area contributed by atoms with Gasteiger partial charge in [-0.1, -0.05) is 11.6 Å². The van der Waals surface area contributed by atoms with Crippen molar-refractivity contribution in [2.75, 3.05) is 19.0 Å². The molecule has 1 aromatic rings. The number of hydrogen-bond donors (Lipinski definition) is 2. The van der Waals surface area contributed by atoms with E-state index < -0.39 is 15.6 Å². The number of aliphatic imine (C=N–C) groups is 1. The molecule has 0 unspecified atom stereocenters. The Bertz CT molecular complexity index is 671. The predicted molar refractivity (Wildman–Crippen MR) is 83.4 cm³/mol. The van der Waals surface area contributed by atoms with Gasteiger partial charge in [-0.15, -0.1) is 0 Å². The van der Waals surface area contributed by atoms with Crippen LogP contribution < -0.4 is 10.0 Å². The average Bonchev–Trinajstić information content (AvgIpc) is 2.36. The quantitative estimate of drug-likeness (QED) is 0.886. The minimum absolute atomic E-state index is 0.114. The lowest BCUT2D eigenvalue weighted by Crippen LogP contribution is -2.42. The summed E-state index contributed by atoms with van der Waals surface area (Å²) in [5.41, 5.74) is 0.00424. The van der Waals surface area contributed by atoms with Crippen LogP contribution in [0.25, 0.3) is 0 Å². The van der Waals surface area contributed by atoms with Crippen LogP contribution in [0.1, 0.15) is 20.3 Å². The van der Waals surface area contributed by atoms with E-state index >= 15 is 0 Å². The number of benzene rings is 1. The molecule has 0 atom stereocenters. The van der Waals surface area contributed by atoms with Crippen LogP contribution in [0.4, 0.5) is 5.69 Å². The number of nitrogens with zero attached hydrogens (tertiary/aromatic N) is 1. The first kappa shape index (κ1) is 16.1. The third-order valence-corrected chi connectivity index (χ3v) is 4.66. The number of guanidine groups is 1. The third kappa shape index (κ3) is 3.87. The summed E-state index contributed by atoms with van der Waals surface area (Å²) >= 11 is 5.84. The van der Waals surface area contributed by atoms with Gasteiger partial charge in [-0.25, -0.2) is 18.1 Å². The Hall–Kier alpha value is -1.31. The summed E-state index contributed by atoms with van der Waals surface area (Å²) < 4.78 is 31.9. The minimum atomic E-state index is -3.67. The number of rotatable bonds is 4. The third-order valence-electron chi connectivity index (χ3n) is 3.05. The molecule has 1 aromatic carbocycles. The topological polar surface area (TPSA) is 79.8 Å². The number of methoxy groups -OCH3 is 1. The Morgan fingerprint density at radius 2 is 2.10 bits per heavy atom. The van der Waals surface area contributed by atoms with Gasteiger partial charge in [0.25, 0.3) is 10.0 Å². The summed E-state index contributed by atoms with van der Waals surface area (Å²) in [7, 11) is -2.05. The molecule has 1 aliphatic heterocycles. The summed E-state index contributed by atoms with van der Waals surface area (Å²) in [4.78, 5) is 4.54. The van der Waals surface area contributed by atoms with Gasteiger partial charge in [0.15, 0.2) is 0 Å². The van der Waals surface area contributed by atoms with Gasteiger partial charge in [-0.3, -0.25) is 0 Å². The number of sulfonamides is 1. The number of hydrogen-bond acceptors (Lipinski definition) is 4. The van der Waals surface area contributed by atoms with Gasteiger partial charge in [-0.2, -0.15) is 0 Å². The molecule has 1 heterocycles. The van der Waals surface area contributed by atoms with Gasteiger partial charge in [0.2, 0.25) is 5.96 Å². The molecule has 0 spiro atoms. The van der Waals surface area contributed by atoms with Crippen molar-refractivity contribution in [3.8, 4) is 0 Å². The Labute approximate surface area is 129 Å². The van der Waals surface area contributed by atoms with E-state index in [0.717, 1.165) is 0 Å². The van der Waals surface area contributed by atoms with E-state index in [9.17, 15) is 8.42 Å². The minimum Gasteiger partial charge on any atom is -0.385 e. The molecule has 0 aromatic heterocycles. The van der Waals surface area contributed by atoms with Crippen molar-refractivity contribution in [1.82, 2.24) is 4.72 Å². The van der Waals surface area contributed by atoms with Gasteiger partial charge >= 0.3 is 0 Å². The van der Waals surface area contributed by atoms with E-state index in [1.807, 2.05) is 13.8 Å². The van der Waals surface area contributed by atoms with Gasteiger partial charge in [0.1, 0.15) is 4.90 Å². The molecule has 0 radical (unpaired) electrons. The van der Waals surface area contributed by atoms with Gasteiger partial charge in [0, 0.05) is 18.7 Å². The second-order valence-corrected chi connectivity index (χ2v) is 7.47. The number of fused-ring (bicyclic) bond motifs is 1. The monoisotopic (exact) mass is 331 g/mol. The maximum absolute atomic E-state index is 12.2. The van der Waals surface area contributed by atoms with E-state index in [1.54, 1.807) is 19.2 Å². The van der Waals surface area contributed by atoms with Crippen LogP contribution in [0, 0.1) is 0 Å². The molecule has 2 N–H and O–H groups in total. The smallest absolute Gasteiger partial charge is 0.266 e. The van der Waals surface area contributed by atoms with Crippen molar-refractivity contribution in [3.05, 3.63) is 23.2 Å². The van der Waals surface area contributed by atoms with Crippen LogP contribution in [0.3, 0.4) is 0 Å². The highest BCUT2D eigenvalue weighted by molar-refractivity contribution is 7.90. The van der Waals surface area contributed by atoms with Crippen LogP contribution in [-0.4, -0.2) is 33.6 Å². The lowest BCUT2D eigenvalue weighted by Gasteiger charge is -2.26. The Morgan fingerprint density at radius 3 is 2.76 bits per heavy atom. The van der Waals surface area contributed by atoms with Crippen molar-refractivity contribution in [2.45, 2.75) is 30.7 Å². The summed E-state index contributed by atoms with van der Waals surface area (Å²) in [6.45, 7) is 4.36. The van der Waals surface area contributed by atoms with Gasteiger partial charge < -0.3 is 10.1 Å². The molecular weight excluding hydrogens is 314 g/mol. The maximum Gasteiger partial charge on any atom is 0.266 e. The van der Waals surface area contributed by atoms with Gasteiger partial charge in [0.05, 0.1) is 11.2 Å². The fourth-order valence-electron chi connectivity index (χ4n) is 1.92. The summed E-state index contributed by atoms with van der Waals surface area (Å²) in [6.07, 6.45) is 0.671. The molecule has 8 heteroatoms. The lowest BCUT2D eigenvalue weighted by atomic mass is 10.0. The second-order valence-electron chi connectivity index (χ2n) is 5.39. The van der Waals surface area contributed by atoms with Crippen molar-refractivity contribution < 1.29 is 13.2 Å². The van der Waals surface area contributed by atoms with Crippen molar-refractivity contribution in [3.63, 3.8) is 0 Å². The molecular formula is C13H18ClN3O3S. The Kier molecular flexibility index (Phi) is 4.46. The van der Waals surface area contributed by atoms with Crippen LogP contribution in [0.15, 0.2) is 28.1 Å². The van der Waals surface area contributed by atoms with Crippen LogP contribution in [0.2, 0.25) is 5.02 Å². The van der Waals surface area contributed by atoms with Crippen LogP contribution in [0.5, 0.6) is 0 Å². The zero-order valence-corrected chi connectivity index (χ0v) is 13.7. The molecule has 0 fully saturated rings. The SMILES string of the molecule is COCCC(C)(C)N=C1Nc2ccc(Cl)cc2S(=O)(=O)N1. The average molecular weight is 332 g/mol. The van der Waals surface area contributed by atoms with Gasteiger partial charge in [-0.05, 0) is 38.5 Å². The normalized spacial score (nSPS) is 18.8. The number of halogens is 1. The van der Waals surface area contributed by atoms with Crippen molar-refractivity contribution >= 4 is 33.3 Å². The molecule has 1 aliphatic rings. The Balaban J connectivity index is 2.33. The number of ether oxygens (including phenoxy) is 1. The van der Waals surface area contributed by atoms with Crippen molar-refractivity contribution in [1.29, 1.82) is 0 Å². The first-order valence-corrected chi connectivity index (χ1v) is 8.28. The highest BCUT2D eigenvalue weighted by atomic mass is 35.5. The second kappa shape index (κ2) is 5.82. The number of anilines is 1. The van der Waals surface area contributed by atoms with E-state index in [4.69, 9.17) is 16.3 Å². The molecule has 0 amide bonds. The number of nitrogens with one attached hydrogen (secondary N) is 2. The molecule has 2 rings (SSSR count). The molecule has 0 aliphatic carbocycles. The summed E-state index contributed by atoms with van der Waals surface area (Å²) in [5.74, 6) is 0.200. The highest BCUT2D eigenvalue weighted by Gasteiger charge is 2.28. The zero-order chi connectivity index (χ0) is 15.7. The van der Waals surface area contributed by atoms with Crippen LogP contribution >= 0.6 is 11.6 Å². The first-order chi connectivity index (χ1) is 9.73. The fourth-order valence-corrected chi connectivity index (χ4v) is 3.31. The molecule has 6 nitrogen and oxygen atoms in total. The van der Waals surface area contributed by atoms with E-state index in [2.05, 4.69) is 15.0 Å². The van der Waals surface area contributed by atoms with E-state index in [1.165, 1.54) is 6.07 Å². The fraction of sp³-hybridized carbons (Fsp3) is 0.462. The molecule has 21 heavy (non-hydrogen) atoms. The lowest BCUT2D eigenvalue weighted by molar-refractivity contribution is 0.176. The van der Waals surface area contributed by atoms with E-state index in [0.29, 0.717) is 23.7 Å². The highest BCUT2D eigenvalue weighted by Crippen LogP contribution is 2.28. The Morgan fingerprint density at radius 1 is 1.38 bits per heavy atom. The first-order valence-electron chi connectivity index (χ1n) is 6.42. The summed E-state index contributed by atoms with van der Waals surface area (Å²) in [6, 6.07) is 4.65. The van der Waals surface area contributed by atoms with Crippen LogP contribution in [-0.2, 0) is 14.8 Å². The maximum atomic E-state index is 12.2. The standard InChI is InChI=1S/C13H18ClN3O3S/c1-13(2,6-7-20-3)16-12-15-10-5-4-9(14)8-11(10)21(18,19)17-12/h4-5,8H,6-7H2,1-3H3,(H2,15,16,17).